The maximum Gasteiger partial charge on any atom is 0.248 e. The number of nitrogens with zero attached hydrogens (tertiary/aromatic N) is 1. The largest absolute Gasteiger partial charge is 0.353 e. The first-order valence-electron chi connectivity index (χ1n) is 9.09. The normalized spacial score (nSPS) is 11.5. The highest BCUT2D eigenvalue weighted by Gasteiger charge is 2.07. The number of aromatic nitrogens is 2. The van der Waals surface area contributed by atoms with Crippen molar-refractivity contribution in [3.63, 3.8) is 0 Å². The Labute approximate surface area is 157 Å². The van der Waals surface area contributed by atoms with Crippen LogP contribution in [0, 0.1) is 6.92 Å². The second-order valence-electron chi connectivity index (χ2n) is 6.61. The molecule has 0 saturated heterocycles. The van der Waals surface area contributed by atoms with Crippen molar-refractivity contribution in [1.29, 1.82) is 0 Å². The highest BCUT2D eigenvalue weighted by atomic mass is 16.1. The predicted molar refractivity (Wildman–Crippen MR) is 112 cm³/mol. The zero-order chi connectivity index (χ0) is 18.8. The number of carbonyl (C=O) groups is 1. The van der Waals surface area contributed by atoms with Crippen molar-refractivity contribution >= 4 is 39.5 Å². The quantitative estimate of drug-likeness (QED) is 0.492. The smallest absolute Gasteiger partial charge is 0.248 e. The topological polar surface area (TPSA) is 57.8 Å². The van der Waals surface area contributed by atoms with Gasteiger partial charge in [0, 0.05) is 28.1 Å². The number of fused-ring (bicyclic) bond motifs is 3. The van der Waals surface area contributed by atoms with Gasteiger partial charge in [-0.05, 0) is 42.7 Å². The number of H-pyrrole nitrogens is 1. The van der Waals surface area contributed by atoms with E-state index in [-0.39, 0.29) is 5.91 Å². The van der Waals surface area contributed by atoms with E-state index in [1.165, 1.54) is 6.08 Å². The van der Waals surface area contributed by atoms with Crippen molar-refractivity contribution in [1.82, 2.24) is 9.97 Å². The number of aryl methyl sites for hydroxylation is 2. The predicted octanol–water partition coefficient (Wildman–Crippen LogP) is 5.24. The molecule has 0 radical (unpaired) electrons. The van der Waals surface area contributed by atoms with E-state index in [1.54, 1.807) is 6.08 Å². The molecule has 0 spiro atoms. The van der Waals surface area contributed by atoms with Crippen LogP contribution in [-0.2, 0) is 11.2 Å². The van der Waals surface area contributed by atoms with Gasteiger partial charge < -0.3 is 10.3 Å². The van der Waals surface area contributed by atoms with Crippen LogP contribution in [0.15, 0.2) is 60.8 Å². The van der Waals surface area contributed by atoms with E-state index in [4.69, 9.17) is 0 Å². The van der Waals surface area contributed by atoms with E-state index in [1.807, 2.05) is 55.6 Å². The van der Waals surface area contributed by atoms with E-state index < -0.39 is 0 Å². The molecule has 2 aromatic carbocycles. The summed E-state index contributed by atoms with van der Waals surface area (Å²) in [5.74, 6) is -0.153. The lowest BCUT2D eigenvalue weighted by molar-refractivity contribution is -0.111. The van der Waals surface area contributed by atoms with Crippen LogP contribution in [0.1, 0.15) is 23.7 Å². The van der Waals surface area contributed by atoms with Crippen LogP contribution in [0.3, 0.4) is 0 Å². The molecule has 4 rings (SSSR count). The van der Waals surface area contributed by atoms with Crippen LogP contribution < -0.4 is 5.32 Å². The molecule has 134 valence electrons. The van der Waals surface area contributed by atoms with Gasteiger partial charge in [0.2, 0.25) is 5.91 Å². The molecule has 2 N–H and O–H groups in total. The number of pyridine rings is 1. The van der Waals surface area contributed by atoms with E-state index in [0.29, 0.717) is 0 Å². The number of anilines is 1. The Morgan fingerprint density at radius 1 is 1.11 bits per heavy atom. The van der Waals surface area contributed by atoms with Crippen molar-refractivity contribution < 1.29 is 4.79 Å². The van der Waals surface area contributed by atoms with Crippen LogP contribution in [0.25, 0.3) is 27.9 Å². The third-order valence-electron chi connectivity index (χ3n) is 4.81. The van der Waals surface area contributed by atoms with E-state index in [9.17, 15) is 4.79 Å². The van der Waals surface area contributed by atoms with Gasteiger partial charge in [-0.1, -0.05) is 43.3 Å². The van der Waals surface area contributed by atoms with Crippen molar-refractivity contribution in [2.75, 3.05) is 5.32 Å². The van der Waals surface area contributed by atoms with Gasteiger partial charge in [-0.2, -0.15) is 0 Å². The summed E-state index contributed by atoms with van der Waals surface area (Å²) in [6.07, 6.45) is 5.97. The van der Waals surface area contributed by atoms with Crippen molar-refractivity contribution in [2.24, 2.45) is 0 Å². The molecule has 0 saturated carbocycles. The highest BCUT2D eigenvalue weighted by molar-refractivity contribution is 6.08. The number of amides is 1. The molecule has 0 aliphatic carbocycles. The van der Waals surface area contributed by atoms with E-state index in [2.05, 4.69) is 28.3 Å². The summed E-state index contributed by atoms with van der Waals surface area (Å²) in [4.78, 5) is 20.2. The number of rotatable bonds is 4. The summed E-state index contributed by atoms with van der Waals surface area (Å²) in [5.41, 5.74) is 5.92. The minimum absolute atomic E-state index is 0.153. The van der Waals surface area contributed by atoms with Gasteiger partial charge in [-0.25, -0.2) is 0 Å². The van der Waals surface area contributed by atoms with Crippen LogP contribution in [0.5, 0.6) is 0 Å². The lowest BCUT2D eigenvalue weighted by Gasteiger charge is -2.11. The standard InChI is InChI=1S/C23H21N3O/c1-3-16-8-6-7-15(2)23(16)26-22(27)12-11-17-13-19-18-9-4-5-10-20(18)25-21(19)14-24-17/h4-14,25H,3H2,1-2H3,(H,26,27)/b12-11+. The zero-order valence-electron chi connectivity index (χ0n) is 15.4. The molecule has 4 aromatic rings. The maximum absolute atomic E-state index is 12.4. The number of para-hydroxylation sites is 2. The molecule has 2 heterocycles. The van der Waals surface area contributed by atoms with Gasteiger partial charge in [0.05, 0.1) is 17.4 Å². The fourth-order valence-corrected chi connectivity index (χ4v) is 3.39. The van der Waals surface area contributed by atoms with E-state index >= 15 is 0 Å². The average Bonchev–Trinajstić information content (AvgIpc) is 3.06. The number of nitrogens with one attached hydrogen (secondary N) is 2. The Bertz CT molecular complexity index is 1170. The second kappa shape index (κ2) is 7.08. The highest BCUT2D eigenvalue weighted by Crippen LogP contribution is 2.25. The zero-order valence-corrected chi connectivity index (χ0v) is 15.4. The van der Waals surface area contributed by atoms with Gasteiger partial charge >= 0.3 is 0 Å². The first-order valence-corrected chi connectivity index (χ1v) is 9.09. The van der Waals surface area contributed by atoms with Crippen molar-refractivity contribution in [3.05, 3.63) is 77.6 Å². The molecule has 4 heteroatoms. The summed E-state index contributed by atoms with van der Waals surface area (Å²) < 4.78 is 0. The lowest BCUT2D eigenvalue weighted by atomic mass is 10.1. The van der Waals surface area contributed by atoms with Crippen LogP contribution in [0.2, 0.25) is 0 Å². The molecule has 0 bridgehead atoms. The molecule has 27 heavy (non-hydrogen) atoms. The maximum atomic E-state index is 12.4. The minimum atomic E-state index is -0.153. The lowest BCUT2D eigenvalue weighted by Crippen LogP contribution is -2.11. The number of hydrogen-bond donors (Lipinski definition) is 2. The number of hydrogen-bond acceptors (Lipinski definition) is 2. The SMILES string of the molecule is CCc1cccc(C)c1NC(=O)/C=C/c1cc2c(cn1)[nH]c1ccccc12. The Balaban J connectivity index is 1.59. The second-order valence-corrected chi connectivity index (χ2v) is 6.61. The number of aromatic amines is 1. The molecule has 2 aromatic heterocycles. The molecular formula is C23H21N3O. The Kier molecular flexibility index (Phi) is 4.47. The van der Waals surface area contributed by atoms with Gasteiger partial charge in [-0.15, -0.1) is 0 Å². The summed E-state index contributed by atoms with van der Waals surface area (Å²) in [7, 11) is 0. The third-order valence-corrected chi connectivity index (χ3v) is 4.81. The van der Waals surface area contributed by atoms with Gasteiger partial charge in [-0.3, -0.25) is 9.78 Å². The summed E-state index contributed by atoms with van der Waals surface area (Å²) in [6.45, 7) is 4.09. The van der Waals surface area contributed by atoms with Crippen molar-refractivity contribution in [3.8, 4) is 0 Å². The Morgan fingerprint density at radius 3 is 2.81 bits per heavy atom. The summed E-state index contributed by atoms with van der Waals surface area (Å²) in [5, 5.41) is 5.26. The van der Waals surface area contributed by atoms with Crippen molar-refractivity contribution in [2.45, 2.75) is 20.3 Å². The molecule has 0 unspecified atom stereocenters. The first kappa shape index (κ1) is 17.0. The molecule has 0 aliphatic rings. The number of benzene rings is 2. The van der Waals surface area contributed by atoms with Gasteiger partial charge in [0.1, 0.15) is 0 Å². The average molecular weight is 355 g/mol. The van der Waals surface area contributed by atoms with Crippen LogP contribution >= 0.6 is 0 Å². The molecular weight excluding hydrogens is 334 g/mol. The minimum Gasteiger partial charge on any atom is -0.353 e. The summed E-state index contributed by atoms with van der Waals surface area (Å²) in [6, 6.07) is 16.2. The Hall–Kier alpha value is -3.40. The van der Waals surface area contributed by atoms with Gasteiger partial charge in [0.25, 0.3) is 0 Å². The van der Waals surface area contributed by atoms with Crippen LogP contribution in [0.4, 0.5) is 5.69 Å². The fraction of sp³-hybridized carbons (Fsp3) is 0.130. The monoisotopic (exact) mass is 355 g/mol. The Morgan fingerprint density at radius 2 is 1.96 bits per heavy atom. The molecule has 1 amide bonds. The van der Waals surface area contributed by atoms with Gasteiger partial charge in [0.15, 0.2) is 0 Å². The molecule has 0 fully saturated rings. The first-order chi connectivity index (χ1) is 13.2. The fourth-order valence-electron chi connectivity index (χ4n) is 3.39. The van der Waals surface area contributed by atoms with E-state index in [0.717, 1.165) is 50.7 Å². The van der Waals surface area contributed by atoms with Crippen LogP contribution in [-0.4, -0.2) is 15.9 Å². The molecule has 0 atom stereocenters. The molecule has 4 nitrogen and oxygen atoms in total. The molecule has 0 aliphatic heterocycles. The third kappa shape index (κ3) is 3.34. The summed E-state index contributed by atoms with van der Waals surface area (Å²) >= 11 is 0. The number of carbonyl (C=O) groups excluding carboxylic acids is 1.